The van der Waals surface area contributed by atoms with Crippen molar-refractivity contribution >= 4 is 16.9 Å². The molecule has 1 amide bonds. The van der Waals surface area contributed by atoms with Gasteiger partial charge in [-0.3, -0.25) is 14.2 Å². The zero-order valence-corrected chi connectivity index (χ0v) is 13.2. The van der Waals surface area contributed by atoms with E-state index in [1.54, 1.807) is 11.8 Å². The van der Waals surface area contributed by atoms with Gasteiger partial charge in [-0.1, -0.05) is 18.2 Å². The van der Waals surface area contributed by atoms with Crippen LogP contribution in [0.2, 0.25) is 0 Å². The summed E-state index contributed by atoms with van der Waals surface area (Å²) in [6.07, 6.45) is 2.83. The molecule has 1 aromatic carbocycles. The SMILES string of the molecule is COCCNC(=O)Cn1cnc2c(cnn2-c2ccccc2)c1=O. The highest BCUT2D eigenvalue weighted by molar-refractivity contribution is 5.77. The monoisotopic (exact) mass is 327 g/mol. The molecule has 0 spiro atoms. The molecule has 1 N–H and O–H groups in total. The largest absolute Gasteiger partial charge is 0.383 e. The summed E-state index contributed by atoms with van der Waals surface area (Å²) in [7, 11) is 1.55. The summed E-state index contributed by atoms with van der Waals surface area (Å²) in [6.45, 7) is 0.718. The van der Waals surface area contributed by atoms with Crippen molar-refractivity contribution in [1.82, 2.24) is 24.6 Å². The number of nitrogens with zero attached hydrogens (tertiary/aromatic N) is 4. The van der Waals surface area contributed by atoms with Crippen molar-refractivity contribution in [3.05, 3.63) is 53.2 Å². The Hall–Kier alpha value is -3.00. The highest BCUT2D eigenvalue weighted by Gasteiger charge is 2.12. The number of aromatic nitrogens is 4. The maximum Gasteiger partial charge on any atom is 0.264 e. The first-order chi connectivity index (χ1) is 11.7. The van der Waals surface area contributed by atoms with Gasteiger partial charge in [-0.25, -0.2) is 9.67 Å². The summed E-state index contributed by atoms with van der Waals surface area (Å²) in [5, 5.41) is 7.26. The fourth-order valence-electron chi connectivity index (χ4n) is 2.32. The van der Waals surface area contributed by atoms with Crippen LogP contribution in [0.4, 0.5) is 0 Å². The van der Waals surface area contributed by atoms with E-state index >= 15 is 0 Å². The van der Waals surface area contributed by atoms with Crippen LogP contribution in [0.3, 0.4) is 0 Å². The van der Waals surface area contributed by atoms with Gasteiger partial charge in [0.05, 0.1) is 18.5 Å². The second kappa shape index (κ2) is 7.05. The van der Waals surface area contributed by atoms with E-state index in [0.29, 0.717) is 24.2 Å². The highest BCUT2D eigenvalue weighted by Crippen LogP contribution is 2.12. The van der Waals surface area contributed by atoms with Crippen LogP contribution >= 0.6 is 0 Å². The van der Waals surface area contributed by atoms with E-state index in [1.165, 1.54) is 17.1 Å². The number of carbonyl (C=O) groups is 1. The highest BCUT2D eigenvalue weighted by atomic mass is 16.5. The number of amides is 1. The summed E-state index contributed by atoms with van der Waals surface area (Å²) in [6, 6.07) is 9.42. The number of para-hydroxylation sites is 1. The Balaban J connectivity index is 1.87. The average molecular weight is 327 g/mol. The third kappa shape index (κ3) is 3.18. The number of ether oxygens (including phenoxy) is 1. The van der Waals surface area contributed by atoms with E-state index in [-0.39, 0.29) is 18.0 Å². The maximum absolute atomic E-state index is 12.5. The van der Waals surface area contributed by atoms with Gasteiger partial charge in [0, 0.05) is 13.7 Å². The number of methoxy groups -OCH3 is 1. The fraction of sp³-hybridized carbons (Fsp3) is 0.250. The molecule has 3 aromatic rings. The summed E-state index contributed by atoms with van der Waals surface area (Å²) >= 11 is 0. The number of hydrogen-bond donors (Lipinski definition) is 1. The van der Waals surface area contributed by atoms with E-state index in [0.717, 1.165) is 5.69 Å². The van der Waals surface area contributed by atoms with Gasteiger partial charge in [-0.05, 0) is 12.1 Å². The lowest BCUT2D eigenvalue weighted by molar-refractivity contribution is -0.121. The van der Waals surface area contributed by atoms with Crippen molar-refractivity contribution in [2.75, 3.05) is 20.3 Å². The van der Waals surface area contributed by atoms with Crippen LogP contribution in [0.25, 0.3) is 16.7 Å². The molecular formula is C16H17N5O3. The Bertz CT molecular complexity index is 901. The van der Waals surface area contributed by atoms with Crippen molar-refractivity contribution in [2.24, 2.45) is 0 Å². The molecule has 124 valence electrons. The molecule has 3 rings (SSSR count). The van der Waals surface area contributed by atoms with Gasteiger partial charge >= 0.3 is 0 Å². The molecule has 0 radical (unpaired) electrons. The molecule has 8 nitrogen and oxygen atoms in total. The molecule has 0 atom stereocenters. The van der Waals surface area contributed by atoms with E-state index < -0.39 is 0 Å². The fourth-order valence-corrected chi connectivity index (χ4v) is 2.32. The number of benzene rings is 1. The second-order valence-electron chi connectivity index (χ2n) is 5.15. The molecule has 0 aliphatic rings. The third-order valence-corrected chi connectivity index (χ3v) is 3.50. The van der Waals surface area contributed by atoms with Gasteiger partial charge in [0.2, 0.25) is 5.91 Å². The minimum absolute atomic E-state index is 0.0952. The van der Waals surface area contributed by atoms with Gasteiger partial charge < -0.3 is 10.1 Å². The first-order valence-corrected chi connectivity index (χ1v) is 7.45. The topological polar surface area (TPSA) is 91.0 Å². The summed E-state index contributed by atoms with van der Waals surface area (Å²) in [5.41, 5.74) is 0.973. The van der Waals surface area contributed by atoms with Crippen LogP contribution in [0.1, 0.15) is 0 Å². The molecule has 0 aliphatic heterocycles. The van der Waals surface area contributed by atoms with Crippen LogP contribution in [-0.2, 0) is 16.1 Å². The van der Waals surface area contributed by atoms with Gasteiger partial charge in [-0.15, -0.1) is 0 Å². The molecule has 0 aliphatic carbocycles. The number of rotatable bonds is 6. The lowest BCUT2D eigenvalue weighted by Gasteiger charge is -2.07. The Morgan fingerprint density at radius 3 is 2.83 bits per heavy atom. The quantitative estimate of drug-likeness (QED) is 0.660. The number of carbonyl (C=O) groups excluding carboxylic acids is 1. The first-order valence-electron chi connectivity index (χ1n) is 7.45. The van der Waals surface area contributed by atoms with Crippen LogP contribution in [0, 0.1) is 0 Å². The maximum atomic E-state index is 12.5. The van der Waals surface area contributed by atoms with Crippen LogP contribution in [0.15, 0.2) is 47.7 Å². The lowest BCUT2D eigenvalue weighted by Crippen LogP contribution is -2.34. The summed E-state index contributed by atoms with van der Waals surface area (Å²) in [4.78, 5) is 28.6. The predicted molar refractivity (Wildman–Crippen MR) is 88.0 cm³/mol. The normalized spacial score (nSPS) is 10.9. The minimum Gasteiger partial charge on any atom is -0.383 e. The van der Waals surface area contributed by atoms with Crippen LogP contribution in [-0.4, -0.2) is 45.5 Å². The van der Waals surface area contributed by atoms with Gasteiger partial charge in [-0.2, -0.15) is 5.10 Å². The zero-order valence-electron chi connectivity index (χ0n) is 13.2. The molecule has 8 heteroatoms. The minimum atomic E-state index is -0.302. The van der Waals surface area contributed by atoms with Crippen LogP contribution < -0.4 is 10.9 Å². The zero-order chi connectivity index (χ0) is 16.9. The molecule has 0 fully saturated rings. The summed E-state index contributed by atoms with van der Waals surface area (Å²) < 4.78 is 7.72. The van der Waals surface area contributed by atoms with Crippen molar-refractivity contribution in [2.45, 2.75) is 6.54 Å². The Labute approximate surface area is 137 Å². The first kappa shape index (κ1) is 15.9. The number of fused-ring (bicyclic) bond motifs is 1. The lowest BCUT2D eigenvalue weighted by atomic mass is 10.3. The average Bonchev–Trinajstić information content (AvgIpc) is 3.03. The van der Waals surface area contributed by atoms with Crippen LogP contribution in [0.5, 0.6) is 0 Å². The number of hydrogen-bond acceptors (Lipinski definition) is 5. The smallest absolute Gasteiger partial charge is 0.264 e. The van der Waals surface area contributed by atoms with E-state index in [2.05, 4.69) is 15.4 Å². The van der Waals surface area contributed by atoms with Gasteiger partial charge in [0.15, 0.2) is 5.65 Å². The van der Waals surface area contributed by atoms with Gasteiger partial charge in [0.25, 0.3) is 5.56 Å². The molecule has 0 unspecified atom stereocenters. The van der Waals surface area contributed by atoms with E-state index in [1.807, 2.05) is 30.3 Å². The molecule has 0 saturated heterocycles. The Morgan fingerprint density at radius 1 is 1.29 bits per heavy atom. The predicted octanol–water partition coefficient (Wildman–Crippen LogP) is 0.345. The Morgan fingerprint density at radius 2 is 2.08 bits per heavy atom. The second-order valence-corrected chi connectivity index (χ2v) is 5.15. The molecule has 0 saturated carbocycles. The molecule has 0 bridgehead atoms. The standard InChI is InChI=1S/C16H17N5O3/c1-24-8-7-17-14(22)10-20-11-18-15-13(16(20)23)9-19-21(15)12-5-3-2-4-6-12/h2-6,9,11H,7-8,10H2,1H3,(H,17,22). The molecule has 2 heterocycles. The Kier molecular flexibility index (Phi) is 4.66. The van der Waals surface area contributed by atoms with E-state index in [4.69, 9.17) is 4.74 Å². The number of nitrogens with one attached hydrogen (secondary N) is 1. The third-order valence-electron chi connectivity index (χ3n) is 3.50. The van der Waals surface area contributed by atoms with Crippen molar-refractivity contribution in [3.63, 3.8) is 0 Å². The molecular weight excluding hydrogens is 310 g/mol. The van der Waals surface area contributed by atoms with Crippen molar-refractivity contribution in [1.29, 1.82) is 0 Å². The van der Waals surface area contributed by atoms with Gasteiger partial charge in [0.1, 0.15) is 18.3 Å². The van der Waals surface area contributed by atoms with Crippen molar-refractivity contribution in [3.8, 4) is 5.69 Å². The molecule has 2 aromatic heterocycles. The molecule has 24 heavy (non-hydrogen) atoms. The van der Waals surface area contributed by atoms with E-state index in [9.17, 15) is 9.59 Å². The summed E-state index contributed by atoms with van der Waals surface area (Å²) in [5.74, 6) is -0.272. The van der Waals surface area contributed by atoms with Crippen molar-refractivity contribution < 1.29 is 9.53 Å².